The van der Waals surface area contributed by atoms with Gasteiger partial charge >= 0.3 is 5.97 Å². The predicted octanol–water partition coefficient (Wildman–Crippen LogP) is -0.834. The molecule has 1 heterocycles. The molecule has 0 aliphatic heterocycles. The van der Waals surface area contributed by atoms with Gasteiger partial charge in [-0.25, -0.2) is 10.3 Å². The van der Waals surface area contributed by atoms with Crippen LogP contribution in [-0.4, -0.2) is 33.4 Å². The molecule has 0 saturated carbocycles. The summed E-state index contributed by atoms with van der Waals surface area (Å²) in [5, 5.41) is 12.0. The van der Waals surface area contributed by atoms with Gasteiger partial charge in [-0.1, -0.05) is 0 Å². The second-order valence-electron chi connectivity index (χ2n) is 2.45. The van der Waals surface area contributed by atoms with Gasteiger partial charge in [0.25, 0.3) is 5.91 Å². The van der Waals surface area contributed by atoms with Crippen LogP contribution in [0.25, 0.3) is 0 Å². The largest absolute Gasteiger partial charge is 0.479 e. The van der Waals surface area contributed by atoms with Gasteiger partial charge in [-0.15, -0.1) is 0 Å². The second kappa shape index (κ2) is 4.38. The second-order valence-corrected chi connectivity index (χ2v) is 2.45. The predicted molar refractivity (Wildman–Crippen MR) is 44.3 cm³/mol. The first kappa shape index (κ1) is 10.2. The summed E-state index contributed by atoms with van der Waals surface area (Å²) in [5.74, 6) is -1.69. The maximum absolute atomic E-state index is 11.2. The van der Waals surface area contributed by atoms with Crippen LogP contribution in [0, 0.1) is 0 Å². The smallest absolute Gasteiger partial charge is 0.332 e. The number of nitrogens with zero attached hydrogens (tertiary/aromatic N) is 2. The summed E-state index contributed by atoms with van der Waals surface area (Å²) in [6, 6.07) is 1.49. The summed E-state index contributed by atoms with van der Waals surface area (Å²) in [6.45, 7) is -0.580. The van der Waals surface area contributed by atoms with Crippen molar-refractivity contribution in [3.05, 3.63) is 18.0 Å². The van der Waals surface area contributed by atoms with Crippen molar-refractivity contribution in [1.82, 2.24) is 15.3 Å². The third kappa shape index (κ3) is 2.56. The number of hydrogen-bond acceptors (Lipinski definition) is 4. The topological polar surface area (TPSA) is 93.5 Å². The lowest BCUT2D eigenvalue weighted by molar-refractivity contribution is -0.144. The van der Waals surface area contributed by atoms with Crippen LogP contribution in [0.3, 0.4) is 0 Å². The van der Waals surface area contributed by atoms with Gasteiger partial charge in [0.15, 0.2) is 6.61 Å². The van der Waals surface area contributed by atoms with E-state index >= 15 is 0 Å². The zero-order valence-electron chi connectivity index (χ0n) is 7.43. The van der Waals surface area contributed by atoms with E-state index in [1.165, 1.54) is 16.9 Å². The van der Waals surface area contributed by atoms with Crippen molar-refractivity contribution in [3.8, 4) is 0 Å². The average Bonchev–Trinajstić information content (AvgIpc) is 2.50. The number of aromatic nitrogens is 2. The maximum atomic E-state index is 11.2. The van der Waals surface area contributed by atoms with E-state index in [0.717, 1.165) is 0 Å². The van der Waals surface area contributed by atoms with Crippen LogP contribution in [0.4, 0.5) is 0 Å². The van der Waals surface area contributed by atoms with E-state index in [1.54, 1.807) is 7.05 Å². The third-order valence-corrected chi connectivity index (χ3v) is 1.41. The van der Waals surface area contributed by atoms with E-state index < -0.39 is 18.5 Å². The lowest BCUT2D eigenvalue weighted by Crippen LogP contribution is -2.28. The summed E-state index contributed by atoms with van der Waals surface area (Å²) in [7, 11) is 1.59. The van der Waals surface area contributed by atoms with Crippen LogP contribution in [0.15, 0.2) is 12.3 Å². The Morgan fingerprint density at radius 2 is 2.43 bits per heavy atom. The first-order valence-electron chi connectivity index (χ1n) is 3.73. The SMILES string of the molecule is Cn1nccc1C(=O)NOCC(=O)O. The molecule has 7 nitrogen and oxygen atoms in total. The van der Waals surface area contributed by atoms with E-state index in [-0.39, 0.29) is 5.69 Å². The Labute approximate surface area is 79.2 Å². The molecule has 2 N–H and O–H groups in total. The van der Waals surface area contributed by atoms with Crippen LogP contribution >= 0.6 is 0 Å². The van der Waals surface area contributed by atoms with Crippen LogP contribution < -0.4 is 5.48 Å². The van der Waals surface area contributed by atoms with E-state index in [0.29, 0.717) is 0 Å². The molecule has 0 aromatic carbocycles. The number of amides is 1. The number of aliphatic carboxylic acids is 1. The summed E-state index contributed by atoms with van der Waals surface area (Å²) in [6.07, 6.45) is 1.45. The lowest BCUT2D eigenvalue weighted by Gasteiger charge is -2.03. The normalized spacial score (nSPS) is 9.79. The summed E-state index contributed by atoms with van der Waals surface area (Å²) in [4.78, 5) is 25.7. The minimum Gasteiger partial charge on any atom is -0.479 e. The van der Waals surface area contributed by atoms with Gasteiger partial charge in [0, 0.05) is 13.2 Å². The van der Waals surface area contributed by atoms with E-state index in [2.05, 4.69) is 9.94 Å². The van der Waals surface area contributed by atoms with E-state index in [9.17, 15) is 9.59 Å². The van der Waals surface area contributed by atoms with E-state index in [4.69, 9.17) is 5.11 Å². The molecular weight excluding hydrogens is 190 g/mol. The van der Waals surface area contributed by atoms with Crippen LogP contribution in [0.2, 0.25) is 0 Å². The highest BCUT2D eigenvalue weighted by molar-refractivity contribution is 5.91. The number of aryl methyl sites for hydroxylation is 1. The molecule has 0 fully saturated rings. The van der Waals surface area contributed by atoms with Crippen molar-refractivity contribution >= 4 is 11.9 Å². The van der Waals surface area contributed by atoms with Gasteiger partial charge in [-0.3, -0.25) is 14.3 Å². The maximum Gasteiger partial charge on any atom is 0.332 e. The molecular formula is C7H9N3O4. The van der Waals surface area contributed by atoms with Gasteiger partial charge in [-0.05, 0) is 6.07 Å². The Morgan fingerprint density at radius 1 is 1.71 bits per heavy atom. The number of rotatable bonds is 4. The molecule has 0 aliphatic carbocycles. The number of hydroxylamine groups is 1. The molecule has 1 aromatic rings. The third-order valence-electron chi connectivity index (χ3n) is 1.41. The fourth-order valence-electron chi connectivity index (χ4n) is 0.812. The Kier molecular flexibility index (Phi) is 3.19. The molecule has 0 atom stereocenters. The number of carbonyl (C=O) groups is 2. The number of carboxylic acids is 1. The van der Waals surface area contributed by atoms with Gasteiger partial charge < -0.3 is 5.11 Å². The minimum absolute atomic E-state index is 0.287. The molecule has 0 unspecified atom stereocenters. The number of hydrogen-bond donors (Lipinski definition) is 2. The zero-order valence-corrected chi connectivity index (χ0v) is 7.43. The standard InChI is InChI=1S/C7H9N3O4/c1-10-5(2-3-8-10)7(13)9-14-4-6(11)12/h2-3H,4H2,1H3,(H,9,13)(H,11,12). The van der Waals surface area contributed by atoms with Crippen molar-refractivity contribution in [2.24, 2.45) is 7.05 Å². The molecule has 0 aliphatic rings. The highest BCUT2D eigenvalue weighted by Crippen LogP contribution is 1.94. The quantitative estimate of drug-likeness (QED) is 0.617. The molecule has 1 amide bonds. The van der Waals surface area contributed by atoms with Crippen molar-refractivity contribution in [1.29, 1.82) is 0 Å². The molecule has 0 radical (unpaired) electrons. The molecule has 7 heteroatoms. The first-order valence-corrected chi connectivity index (χ1v) is 3.73. The minimum atomic E-state index is -1.16. The molecule has 14 heavy (non-hydrogen) atoms. The lowest BCUT2D eigenvalue weighted by atomic mass is 10.4. The highest BCUT2D eigenvalue weighted by Gasteiger charge is 2.09. The summed E-state index contributed by atoms with van der Waals surface area (Å²) >= 11 is 0. The molecule has 0 spiro atoms. The number of nitrogens with one attached hydrogen (secondary N) is 1. The van der Waals surface area contributed by atoms with Crippen LogP contribution in [-0.2, 0) is 16.7 Å². The van der Waals surface area contributed by atoms with Gasteiger partial charge in [0.05, 0.1) is 0 Å². The van der Waals surface area contributed by atoms with Gasteiger partial charge in [0.2, 0.25) is 0 Å². The van der Waals surface area contributed by atoms with Crippen molar-refractivity contribution in [2.75, 3.05) is 6.61 Å². The Hall–Kier alpha value is -1.89. The molecule has 76 valence electrons. The first-order chi connectivity index (χ1) is 6.61. The van der Waals surface area contributed by atoms with Crippen molar-refractivity contribution in [2.45, 2.75) is 0 Å². The monoisotopic (exact) mass is 199 g/mol. The fourth-order valence-corrected chi connectivity index (χ4v) is 0.812. The van der Waals surface area contributed by atoms with Gasteiger partial charge in [0.1, 0.15) is 5.69 Å². The van der Waals surface area contributed by atoms with E-state index in [1.807, 2.05) is 5.48 Å². The molecule has 1 rings (SSSR count). The Morgan fingerprint density at radius 3 is 2.93 bits per heavy atom. The molecule has 0 bridgehead atoms. The summed E-state index contributed by atoms with van der Waals surface area (Å²) < 4.78 is 1.35. The average molecular weight is 199 g/mol. The Bertz CT molecular complexity index is 346. The highest BCUT2D eigenvalue weighted by atomic mass is 16.7. The molecule has 0 saturated heterocycles. The van der Waals surface area contributed by atoms with Crippen molar-refractivity contribution < 1.29 is 19.5 Å². The number of carbonyl (C=O) groups excluding carboxylic acids is 1. The van der Waals surface area contributed by atoms with Crippen molar-refractivity contribution in [3.63, 3.8) is 0 Å². The Balaban J connectivity index is 2.44. The fraction of sp³-hybridized carbons (Fsp3) is 0.286. The molecule has 1 aromatic heterocycles. The van der Waals surface area contributed by atoms with Gasteiger partial charge in [-0.2, -0.15) is 5.10 Å². The zero-order chi connectivity index (χ0) is 10.6. The van der Waals surface area contributed by atoms with Crippen LogP contribution in [0.1, 0.15) is 10.5 Å². The number of carboxylic acid groups (broad SMARTS) is 1. The summed E-state index contributed by atoms with van der Waals surface area (Å²) in [5.41, 5.74) is 2.26. The van der Waals surface area contributed by atoms with Crippen LogP contribution in [0.5, 0.6) is 0 Å².